The highest BCUT2D eigenvalue weighted by Crippen LogP contribution is 2.24. The normalized spacial score (nSPS) is 12.6. The van der Waals surface area contributed by atoms with E-state index in [1.807, 2.05) is 32.0 Å². The minimum atomic E-state index is -0.378. The quantitative estimate of drug-likeness (QED) is 0.743. The molecule has 0 saturated carbocycles. The molecule has 3 heteroatoms. The van der Waals surface area contributed by atoms with Crippen LogP contribution in [0.4, 0.5) is 0 Å². The molecule has 84 valence electrons. The Bertz CT molecular complexity index is 542. The van der Waals surface area contributed by atoms with Crippen molar-refractivity contribution in [1.82, 2.24) is 0 Å². The van der Waals surface area contributed by atoms with Gasteiger partial charge in [0, 0.05) is 0 Å². The molecule has 1 aromatic heterocycles. The molecule has 3 nitrogen and oxygen atoms in total. The van der Waals surface area contributed by atoms with Gasteiger partial charge in [-0.3, -0.25) is 0 Å². The molecule has 0 amide bonds. The third-order valence-corrected chi connectivity index (χ3v) is 2.52. The largest absolute Gasteiger partial charge is 0.490 e. The number of hydrogen-bond donors (Lipinski definition) is 0. The molecule has 0 radical (unpaired) electrons. The Morgan fingerprint density at radius 3 is 2.88 bits per heavy atom. The zero-order valence-electron chi connectivity index (χ0n) is 9.40. The first-order chi connectivity index (χ1) is 7.70. The van der Waals surface area contributed by atoms with E-state index in [0.29, 0.717) is 11.3 Å². The van der Waals surface area contributed by atoms with E-state index >= 15 is 0 Å². The first kappa shape index (κ1) is 10.7. The van der Waals surface area contributed by atoms with Gasteiger partial charge in [0.15, 0.2) is 0 Å². The molecule has 0 saturated heterocycles. The summed E-state index contributed by atoms with van der Waals surface area (Å²) in [4.78, 5) is 11.3. The van der Waals surface area contributed by atoms with Crippen molar-refractivity contribution >= 4 is 11.0 Å². The van der Waals surface area contributed by atoms with Gasteiger partial charge in [-0.2, -0.15) is 0 Å². The highest BCUT2D eigenvalue weighted by atomic mass is 16.5. The second kappa shape index (κ2) is 4.39. The van der Waals surface area contributed by atoms with Gasteiger partial charge >= 0.3 is 5.63 Å². The van der Waals surface area contributed by atoms with Gasteiger partial charge in [0.2, 0.25) is 0 Å². The highest BCUT2D eigenvalue weighted by Gasteiger charge is 2.08. The summed E-state index contributed by atoms with van der Waals surface area (Å²) in [6.45, 7) is 4.02. The number of rotatable bonds is 3. The summed E-state index contributed by atoms with van der Waals surface area (Å²) in [5, 5.41) is 0.836. The van der Waals surface area contributed by atoms with Crippen LogP contribution in [0.15, 0.2) is 39.5 Å². The van der Waals surface area contributed by atoms with Crippen LogP contribution in [0.2, 0.25) is 0 Å². The second-order valence-electron chi connectivity index (χ2n) is 3.76. The lowest BCUT2D eigenvalue weighted by molar-refractivity contribution is 0.219. The molecule has 16 heavy (non-hydrogen) atoms. The topological polar surface area (TPSA) is 39.4 Å². The van der Waals surface area contributed by atoms with Crippen LogP contribution in [0.1, 0.15) is 20.3 Å². The molecule has 1 atom stereocenters. The van der Waals surface area contributed by atoms with E-state index in [4.69, 9.17) is 9.15 Å². The summed E-state index contributed by atoms with van der Waals surface area (Å²) in [5.74, 6) is 0.598. The molecule has 0 N–H and O–H groups in total. The van der Waals surface area contributed by atoms with Crippen LogP contribution in [-0.2, 0) is 0 Å². The van der Waals surface area contributed by atoms with Crippen LogP contribution in [-0.4, -0.2) is 6.10 Å². The van der Waals surface area contributed by atoms with Crippen LogP contribution in [0.3, 0.4) is 0 Å². The summed E-state index contributed by atoms with van der Waals surface area (Å²) in [6, 6.07) is 8.77. The number of hydrogen-bond acceptors (Lipinski definition) is 3. The molecule has 1 aromatic carbocycles. The molecule has 1 unspecified atom stereocenters. The van der Waals surface area contributed by atoms with E-state index in [2.05, 4.69) is 0 Å². The second-order valence-corrected chi connectivity index (χ2v) is 3.76. The van der Waals surface area contributed by atoms with Crippen molar-refractivity contribution in [1.29, 1.82) is 0 Å². The van der Waals surface area contributed by atoms with Crippen LogP contribution in [0.25, 0.3) is 11.0 Å². The SMILES string of the molecule is CCC(C)Oc1cc(=O)oc2ccccc12. The summed E-state index contributed by atoms with van der Waals surface area (Å²) in [5.41, 5.74) is 0.185. The van der Waals surface area contributed by atoms with Crippen molar-refractivity contribution in [3.05, 3.63) is 40.8 Å². The minimum absolute atomic E-state index is 0.0882. The molecule has 2 aromatic rings. The predicted octanol–water partition coefficient (Wildman–Crippen LogP) is 2.97. The zero-order chi connectivity index (χ0) is 11.5. The number of ether oxygens (including phenoxy) is 1. The fourth-order valence-corrected chi connectivity index (χ4v) is 1.48. The maximum atomic E-state index is 11.3. The van der Waals surface area contributed by atoms with Gasteiger partial charge in [0.05, 0.1) is 17.6 Å². The minimum Gasteiger partial charge on any atom is -0.490 e. The van der Waals surface area contributed by atoms with E-state index in [9.17, 15) is 4.79 Å². The van der Waals surface area contributed by atoms with Gasteiger partial charge in [0.1, 0.15) is 11.3 Å². The Morgan fingerprint density at radius 2 is 2.12 bits per heavy atom. The van der Waals surface area contributed by atoms with E-state index < -0.39 is 0 Å². The summed E-state index contributed by atoms with van der Waals surface area (Å²) in [6.07, 6.45) is 0.986. The summed E-state index contributed by atoms with van der Waals surface area (Å²) >= 11 is 0. The highest BCUT2D eigenvalue weighted by molar-refractivity contribution is 5.82. The first-order valence-electron chi connectivity index (χ1n) is 5.40. The van der Waals surface area contributed by atoms with Crippen molar-refractivity contribution in [2.45, 2.75) is 26.4 Å². The van der Waals surface area contributed by atoms with Gasteiger partial charge in [-0.1, -0.05) is 19.1 Å². The van der Waals surface area contributed by atoms with E-state index in [1.165, 1.54) is 6.07 Å². The molecule has 2 rings (SSSR count). The Hall–Kier alpha value is -1.77. The van der Waals surface area contributed by atoms with Crippen molar-refractivity contribution in [2.75, 3.05) is 0 Å². The van der Waals surface area contributed by atoms with Gasteiger partial charge in [0.25, 0.3) is 0 Å². The van der Waals surface area contributed by atoms with Crippen LogP contribution < -0.4 is 10.4 Å². The molecular weight excluding hydrogens is 204 g/mol. The zero-order valence-corrected chi connectivity index (χ0v) is 9.40. The van der Waals surface area contributed by atoms with Crippen molar-refractivity contribution < 1.29 is 9.15 Å². The lowest BCUT2D eigenvalue weighted by Crippen LogP contribution is -2.11. The third-order valence-electron chi connectivity index (χ3n) is 2.52. The Balaban J connectivity index is 2.54. The van der Waals surface area contributed by atoms with Crippen molar-refractivity contribution in [3.8, 4) is 5.75 Å². The van der Waals surface area contributed by atoms with Crippen LogP contribution >= 0.6 is 0 Å². The molecule has 1 heterocycles. The number of para-hydroxylation sites is 1. The summed E-state index contributed by atoms with van der Waals surface area (Å²) < 4.78 is 10.8. The lowest BCUT2D eigenvalue weighted by Gasteiger charge is -2.13. The maximum absolute atomic E-state index is 11.3. The van der Waals surface area contributed by atoms with E-state index in [1.54, 1.807) is 6.07 Å². The smallest absolute Gasteiger partial charge is 0.339 e. The standard InChI is InChI=1S/C13H14O3/c1-3-9(2)15-12-8-13(14)16-11-7-5-4-6-10(11)12/h4-9H,3H2,1-2H3. The van der Waals surface area contributed by atoms with Crippen molar-refractivity contribution in [2.24, 2.45) is 0 Å². The fraction of sp³-hybridized carbons (Fsp3) is 0.308. The molecule has 0 aliphatic carbocycles. The monoisotopic (exact) mass is 218 g/mol. The van der Waals surface area contributed by atoms with E-state index in [0.717, 1.165) is 11.8 Å². The number of fused-ring (bicyclic) bond motifs is 1. The Morgan fingerprint density at radius 1 is 1.38 bits per heavy atom. The van der Waals surface area contributed by atoms with Gasteiger partial charge in [-0.25, -0.2) is 4.79 Å². The van der Waals surface area contributed by atoms with Crippen LogP contribution in [0.5, 0.6) is 5.75 Å². The average Bonchev–Trinajstić information content (AvgIpc) is 2.28. The molecular formula is C13H14O3. The molecule has 0 spiro atoms. The lowest BCUT2D eigenvalue weighted by atomic mass is 10.2. The summed E-state index contributed by atoms with van der Waals surface area (Å²) in [7, 11) is 0. The predicted molar refractivity (Wildman–Crippen MR) is 62.9 cm³/mol. The van der Waals surface area contributed by atoms with Crippen LogP contribution in [0, 0.1) is 0 Å². The molecule has 0 aliphatic heterocycles. The molecule has 0 fully saturated rings. The van der Waals surface area contributed by atoms with Gasteiger partial charge in [-0.15, -0.1) is 0 Å². The average molecular weight is 218 g/mol. The Kier molecular flexibility index (Phi) is 2.95. The molecule has 0 bridgehead atoms. The number of benzene rings is 1. The maximum Gasteiger partial charge on any atom is 0.339 e. The first-order valence-corrected chi connectivity index (χ1v) is 5.40. The fourth-order valence-electron chi connectivity index (χ4n) is 1.48. The van der Waals surface area contributed by atoms with E-state index in [-0.39, 0.29) is 11.7 Å². The van der Waals surface area contributed by atoms with Crippen molar-refractivity contribution in [3.63, 3.8) is 0 Å². The third kappa shape index (κ3) is 2.08. The Labute approximate surface area is 93.7 Å². The van der Waals surface area contributed by atoms with Gasteiger partial charge in [-0.05, 0) is 25.5 Å². The molecule has 0 aliphatic rings. The van der Waals surface area contributed by atoms with Gasteiger partial charge < -0.3 is 9.15 Å².